The van der Waals surface area contributed by atoms with Gasteiger partial charge in [0.05, 0.1) is 0 Å². The van der Waals surface area contributed by atoms with Gasteiger partial charge in [-0.15, -0.1) is 0 Å². The Morgan fingerprint density at radius 2 is 2.21 bits per heavy atom. The Hall–Kier alpha value is -1.95. The number of halogens is 1. The molecule has 19 heavy (non-hydrogen) atoms. The van der Waals surface area contributed by atoms with E-state index in [1.165, 1.54) is 12.1 Å². The van der Waals surface area contributed by atoms with Crippen molar-refractivity contribution < 1.29 is 13.7 Å². The fourth-order valence-electron chi connectivity index (χ4n) is 2.04. The molecule has 1 aromatic heterocycles. The molecule has 1 atom stereocenters. The molecule has 2 heterocycles. The zero-order chi connectivity index (χ0) is 13.1. The molecule has 1 aliphatic heterocycles. The molecule has 1 N–H and O–H groups in total. The van der Waals surface area contributed by atoms with Crippen molar-refractivity contribution in [3.05, 3.63) is 41.8 Å². The number of hydrogen-bond acceptors (Lipinski definition) is 5. The maximum Gasteiger partial charge on any atom is 0.264 e. The van der Waals surface area contributed by atoms with E-state index in [0.29, 0.717) is 17.6 Å². The Morgan fingerprint density at radius 3 is 2.95 bits per heavy atom. The summed E-state index contributed by atoms with van der Waals surface area (Å²) in [6, 6.07) is 5.82. The summed E-state index contributed by atoms with van der Waals surface area (Å²) < 4.78 is 23.3. The van der Waals surface area contributed by atoms with Crippen LogP contribution in [0.5, 0.6) is 5.75 Å². The van der Waals surface area contributed by atoms with Gasteiger partial charge in [0.15, 0.2) is 12.4 Å². The molecule has 100 valence electrons. The molecule has 1 aromatic carbocycles. The molecule has 2 aromatic rings. The van der Waals surface area contributed by atoms with Crippen LogP contribution in [0.15, 0.2) is 28.8 Å². The van der Waals surface area contributed by atoms with E-state index in [4.69, 9.17) is 9.26 Å². The SMILES string of the molecule is Fc1ccc(OCc2nc([C@H]3CCNC3)no2)cc1. The Kier molecular flexibility index (Phi) is 3.41. The lowest BCUT2D eigenvalue weighted by atomic mass is 10.1. The van der Waals surface area contributed by atoms with E-state index in [1.54, 1.807) is 12.1 Å². The summed E-state index contributed by atoms with van der Waals surface area (Å²) in [5.41, 5.74) is 0. The van der Waals surface area contributed by atoms with Crippen molar-refractivity contribution in [3.8, 4) is 5.75 Å². The van der Waals surface area contributed by atoms with Crippen molar-refractivity contribution in [2.24, 2.45) is 0 Å². The van der Waals surface area contributed by atoms with E-state index in [-0.39, 0.29) is 12.4 Å². The standard InChI is InChI=1S/C13H14FN3O2/c14-10-1-3-11(4-2-10)18-8-12-16-13(17-19-12)9-5-6-15-7-9/h1-4,9,15H,5-8H2/t9-/m0/s1. The molecule has 0 bridgehead atoms. The van der Waals surface area contributed by atoms with Gasteiger partial charge in [0.1, 0.15) is 11.6 Å². The number of nitrogens with one attached hydrogen (secondary N) is 1. The van der Waals surface area contributed by atoms with Crippen LogP contribution in [0.2, 0.25) is 0 Å². The number of nitrogens with zero attached hydrogens (tertiary/aromatic N) is 2. The number of aromatic nitrogens is 2. The van der Waals surface area contributed by atoms with Crippen LogP contribution in [0.3, 0.4) is 0 Å². The molecule has 1 saturated heterocycles. The van der Waals surface area contributed by atoms with Gasteiger partial charge in [0, 0.05) is 12.5 Å². The van der Waals surface area contributed by atoms with Crippen LogP contribution in [0.25, 0.3) is 0 Å². The third-order valence-electron chi connectivity index (χ3n) is 3.09. The fourth-order valence-corrected chi connectivity index (χ4v) is 2.04. The average molecular weight is 263 g/mol. The molecular formula is C13H14FN3O2. The van der Waals surface area contributed by atoms with E-state index in [2.05, 4.69) is 15.5 Å². The Labute approximate surface area is 109 Å². The molecule has 1 aliphatic rings. The first-order valence-electron chi connectivity index (χ1n) is 6.23. The lowest BCUT2D eigenvalue weighted by Crippen LogP contribution is -2.08. The zero-order valence-corrected chi connectivity index (χ0v) is 10.3. The van der Waals surface area contributed by atoms with Gasteiger partial charge in [-0.1, -0.05) is 5.16 Å². The highest BCUT2D eigenvalue weighted by Crippen LogP contribution is 2.19. The van der Waals surface area contributed by atoms with Crippen LogP contribution in [0.4, 0.5) is 4.39 Å². The number of hydrogen-bond donors (Lipinski definition) is 1. The van der Waals surface area contributed by atoms with Gasteiger partial charge in [-0.25, -0.2) is 4.39 Å². The second-order valence-corrected chi connectivity index (χ2v) is 4.48. The molecular weight excluding hydrogens is 249 g/mol. The van der Waals surface area contributed by atoms with Crippen LogP contribution in [0.1, 0.15) is 24.1 Å². The predicted molar refractivity (Wildman–Crippen MR) is 65.3 cm³/mol. The van der Waals surface area contributed by atoms with Gasteiger partial charge in [-0.2, -0.15) is 4.98 Å². The van der Waals surface area contributed by atoms with E-state index in [9.17, 15) is 4.39 Å². The molecule has 0 saturated carbocycles. The second kappa shape index (κ2) is 5.36. The Balaban J connectivity index is 1.59. The quantitative estimate of drug-likeness (QED) is 0.912. The largest absolute Gasteiger partial charge is 0.484 e. The maximum atomic E-state index is 12.7. The summed E-state index contributed by atoms with van der Waals surface area (Å²) >= 11 is 0. The van der Waals surface area contributed by atoms with Gasteiger partial charge in [-0.3, -0.25) is 0 Å². The van der Waals surface area contributed by atoms with Crippen LogP contribution in [-0.2, 0) is 6.61 Å². The van der Waals surface area contributed by atoms with Gasteiger partial charge in [-0.05, 0) is 37.2 Å². The van der Waals surface area contributed by atoms with Gasteiger partial charge >= 0.3 is 0 Å². The van der Waals surface area contributed by atoms with Crippen molar-refractivity contribution >= 4 is 0 Å². The predicted octanol–water partition coefficient (Wildman–Crippen LogP) is 1.86. The highest BCUT2D eigenvalue weighted by atomic mass is 19.1. The summed E-state index contributed by atoms with van der Waals surface area (Å²) in [5.74, 6) is 1.77. The van der Waals surface area contributed by atoms with Crippen LogP contribution in [0, 0.1) is 5.82 Å². The average Bonchev–Trinajstić information content (AvgIpc) is 3.09. The van der Waals surface area contributed by atoms with Crippen LogP contribution >= 0.6 is 0 Å². The van der Waals surface area contributed by atoms with Crippen molar-refractivity contribution in [2.75, 3.05) is 13.1 Å². The molecule has 0 unspecified atom stereocenters. The molecule has 0 amide bonds. The van der Waals surface area contributed by atoms with Crippen molar-refractivity contribution in [1.82, 2.24) is 15.5 Å². The molecule has 1 fully saturated rings. The second-order valence-electron chi connectivity index (χ2n) is 4.48. The number of rotatable bonds is 4. The van der Waals surface area contributed by atoms with Gasteiger partial charge in [0.2, 0.25) is 0 Å². The monoisotopic (exact) mass is 263 g/mol. The lowest BCUT2D eigenvalue weighted by molar-refractivity contribution is 0.242. The van der Waals surface area contributed by atoms with E-state index in [1.807, 2.05) is 0 Å². The minimum absolute atomic E-state index is 0.193. The Bertz CT molecular complexity index is 535. The number of benzene rings is 1. The zero-order valence-electron chi connectivity index (χ0n) is 10.3. The molecule has 6 heteroatoms. The first kappa shape index (κ1) is 12.1. The van der Waals surface area contributed by atoms with Crippen LogP contribution < -0.4 is 10.1 Å². The first-order chi connectivity index (χ1) is 9.31. The molecule has 0 spiro atoms. The normalized spacial score (nSPS) is 18.7. The van der Waals surface area contributed by atoms with E-state index in [0.717, 1.165) is 25.3 Å². The third-order valence-corrected chi connectivity index (χ3v) is 3.09. The number of ether oxygens (including phenoxy) is 1. The smallest absolute Gasteiger partial charge is 0.264 e. The van der Waals surface area contributed by atoms with E-state index >= 15 is 0 Å². The lowest BCUT2D eigenvalue weighted by Gasteiger charge is -2.02. The first-order valence-corrected chi connectivity index (χ1v) is 6.23. The minimum Gasteiger partial charge on any atom is -0.484 e. The fraction of sp³-hybridized carbons (Fsp3) is 0.385. The van der Waals surface area contributed by atoms with E-state index < -0.39 is 0 Å². The van der Waals surface area contributed by atoms with Crippen molar-refractivity contribution in [2.45, 2.75) is 18.9 Å². The molecule has 5 nitrogen and oxygen atoms in total. The summed E-state index contributed by atoms with van der Waals surface area (Å²) in [7, 11) is 0. The minimum atomic E-state index is -0.291. The maximum absolute atomic E-state index is 12.7. The van der Waals surface area contributed by atoms with Gasteiger partial charge in [0.25, 0.3) is 5.89 Å². The molecule has 3 rings (SSSR count). The summed E-state index contributed by atoms with van der Waals surface area (Å²) in [6.45, 7) is 2.07. The Morgan fingerprint density at radius 1 is 1.37 bits per heavy atom. The molecule has 0 radical (unpaired) electrons. The summed E-state index contributed by atoms with van der Waals surface area (Å²) in [6.07, 6.45) is 1.03. The topological polar surface area (TPSA) is 60.2 Å². The summed E-state index contributed by atoms with van der Waals surface area (Å²) in [4.78, 5) is 4.31. The van der Waals surface area contributed by atoms with Gasteiger partial charge < -0.3 is 14.6 Å². The van der Waals surface area contributed by atoms with Crippen LogP contribution in [-0.4, -0.2) is 23.2 Å². The highest BCUT2D eigenvalue weighted by Gasteiger charge is 2.22. The van der Waals surface area contributed by atoms with Crippen molar-refractivity contribution in [3.63, 3.8) is 0 Å². The third kappa shape index (κ3) is 2.90. The highest BCUT2D eigenvalue weighted by molar-refractivity contribution is 5.22. The summed E-state index contributed by atoms with van der Waals surface area (Å²) in [5, 5.41) is 7.21. The molecule has 0 aliphatic carbocycles. The van der Waals surface area contributed by atoms with Crippen molar-refractivity contribution in [1.29, 1.82) is 0 Å².